The van der Waals surface area contributed by atoms with Crippen molar-refractivity contribution in [3.63, 3.8) is 0 Å². The maximum Gasteiger partial charge on any atom is 0.269 e. The van der Waals surface area contributed by atoms with E-state index in [1.807, 2.05) is 42.2 Å². The topological polar surface area (TPSA) is 74.2 Å². The van der Waals surface area contributed by atoms with E-state index in [9.17, 15) is 9.59 Å². The molecule has 0 saturated heterocycles. The zero-order chi connectivity index (χ0) is 22.0. The smallest absolute Gasteiger partial charge is 0.269 e. The number of aromatic amines is 1. The Labute approximate surface area is 182 Å². The first kappa shape index (κ1) is 20.9. The van der Waals surface area contributed by atoms with Crippen LogP contribution >= 0.6 is 0 Å². The molecular weight excluding hydrogens is 390 g/mol. The predicted octanol–water partition coefficient (Wildman–Crippen LogP) is 3.41. The second-order valence-corrected chi connectivity index (χ2v) is 8.47. The second-order valence-electron chi connectivity index (χ2n) is 8.47. The minimum Gasteiger partial charge on any atom is -0.351 e. The van der Waals surface area contributed by atoms with Crippen LogP contribution in [-0.2, 0) is 11.8 Å². The molecule has 7 nitrogen and oxygen atoms in total. The van der Waals surface area contributed by atoms with Crippen molar-refractivity contribution >= 4 is 28.8 Å². The lowest BCUT2D eigenvalue weighted by molar-refractivity contribution is -0.117. The Hall–Kier alpha value is -3.35. The van der Waals surface area contributed by atoms with Gasteiger partial charge in [0, 0.05) is 57.3 Å². The summed E-state index contributed by atoms with van der Waals surface area (Å²) in [6.45, 7) is 1.42. The van der Waals surface area contributed by atoms with E-state index in [2.05, 4.69) is 22.2 Å². The van der Waals surface area contributed by atoms with E-state index in [0.29, 0.717) is 12.2 Å². The number of carbonyl (C=O) groups is 2. The number of aryl methyl sites for hydroxylation is 1. The molecule has 3 heterocycles. The highest BCUT2D eigenvalue weighted by Gasteiger charge is 2.25. The number of amides is 2. The molecule has 2 amide bonds. The molecule has 3 aromatic rings. The quantitative estimate of drug-likeness (QED) is 0.659. The van der Waals surface area contributed by atoms with Crippen molar-refractivity contribution in [3.05, 3.63) is 59.6 Å². The summed E-state index contributed by atoms with van der Waals surface area (Å²) in [4.78, 5) is 29.5. The Morgan fingerprint density at radius 2 is 2.03 bits per heavy atom. The van der Waals surface area contributed by atoms with Crippen LogP contribution in [0.1, 0.15) is 46.9 Å². The van der Waals surface area contributed by atoms with Crippen molar-refractivity contribution in [1.29, 1.82) is 0 Å². The molecule has 1 saturated carbocycles. The molecule has 0 atom stereocenters. The Balaban J connectivity index is 0.000000212. The third-order valence-corrected chi connectivity index (χ3v) is 5.69. The van der Waals surface area contributed by atoms with Crippen LogP contribution in [0.2, 0.25) is 0 Å². The van der Waals surface area contributed by atoms with Crippen molar-refractivity contribution in [2.75, 3.05) is 27.2 Å². The fourth-order valence-corrected chi connectivity index (χ4v) is 3.78. The number of nitrogens with zero attached hydrogens (tertiary/aromatic N) is 4. The first-order chi connectivity index (χ1) is 14.9. The number of rotatable bonds is 4. The molecule has 1 aliphatic carbocycles. The van der Waals surface area contributed by atoms with Gasteiger partial charge in [0.2, 0.25) is 6.41 Å². The summed E-state index contributed by atoms with van der Waals surface area (Å²) in [6, 6.07) is 10.1. The lowest BCUT2D eigenvalue weighted by Crippen LogP contribution is -2.27. The molecule has 0 spiro atoms. The molecule has 162 valence electrons. The maximum atomic E-state index is 12.0. The molecular formula is C24H29N5O2. The number of H-pyrrole nitrogens is 1. The lowest BCUT2D eigenvalue weighted by Gasteiger charge is -2.23. The standard InChI is InChI=1S/C17H19N3O2.C7H10N2/c1-19(2)17(22)16-9-13-6-5-12(8-15(13)18-16)14-4-3-7-20(10-14)11-21;1-9-5-4-7(8-9)6-2-3-6/h4-6,8-9,11,18H,3,7,10H2,1-2H3;4-6H,2-3H2,1H3. The average Bonchev–Trinajstić information content (AvgIpc) is 3.40. The van der Waals surface area contributed by atoms with Crippen molar-refractivity contribution in [1.82, 2.24) is 24.6 Å². The van der Waals surface area contributed by atoms with Gasteiger partial charge in [0.15, 0.2) is 0 Å². The fourth-order valence-electron chi connectivity index (χ4n) is 3.78. The third kappa shape index (κ3) is 4.87. The number of hydrogen-bond donors (Lipinski definition) is 1. The molecule has 1 aliphatic heterocycles. The molecule has 1 aromatic carbocycles. The largest absolute Gasteiger partial charge is 0.351 e. The van der Waals surface area contributed by atoms with Crippen molar-refractivity contribution < 1.29 is 9.59 Å². The van der Waals surface area contributed by atoms with Crippen LogP contribution < -0.4 is 0 Å². The van der Waals surface area contributed by atoms with Crippen molar-refractivity contribution in [2.45, 2.75) is 25.2 Å². The van der Waals surface area contributed by atoms with Gasteiger partial charge in [-0.3, -0.25) is 14.3 Å². The first-order valence-corrected chi connectivity index (χ1v) is 10.7. The Bertz CT molecular complexity index is 1120. The van der Waals surface area contributed by atoms with E-state index in [1.165, 1.54) is 18.5 Å². The SMILES string of the molecule is CN(C)C(=O)c1cc2ccc(C3=CCCN(C=O)C3)cc2[nH]1.Cn1ccc(C2CC2)n1. The minimum atomic E-state index is -0.0400. The highest BCUT2D eigenvalue weighted by atomic mass is 16.2. The zero-order valence-electron chi connectivity index (χ0n) is 18.3. The van der Waals surface area contributed by atoms with Crippen LogP contribution in [0.25, 0.3) is 16.5 Å². The van der Waals surface area contributed by atoms with E-state index < -0.39 is 0 Å². The molecule has 2 aliphatic rings. The number of aromatic nitrogens is 3. The van der Waals surface area contributed by atoms with Crippen LogP contribution in [0.3, 0.4) is 0 Å². The van der Waals surface area contributed by atoms with Crippen LogP contribution in [0.15, 0.2) is 42.6 Å². The van der Waals surface area contributed by atoms with Gasteiger partial charge in [0.05, 0.1) is 5.69 Å². The molecule has 1 N–H and O–H groups in total. The van der Waals surface area contributed by atoms with Gasteiger partial charge >= 0.3 is 0 Å². The summed E-state index contributed by atoms with van der Waals surface area (Å²) in [6.07, 6.45) is 8.65. The molecule has 0 bridgehead atoms. The van der Waals surface area contributed by atoms with Crippen molar-refractivity contribution in [2.24, 2.45) is 7.05 Å². The Kier molecular flexibility index (Phi) is 5.93. The molecule has 31 heavy (non-hydrogen) atoms. The maximum absolute atomic E-state index is 12.0. The minimum absolute atomic E-state index is 0.0400. The van der Waals surface area contributed by atoms with Crippen molar-refractivity contribution in [3.8, 4) is 0 Å². The Morgan fingerprint density at radius 3 is 2.68 bits per heavy atom. The van der Waals surface area contributed by atoms with Gasteiger partial charge in [-0.2, -0.15) is 5.10 Å². The van der Waals surface area contributed by atoms with E-state index in [1.54, 1.807) is 23.9 Å². The van der Waals surface area contributed by atoms with Gasteiger partial charge in [-0.05, 0) is 48.6 Å². The summed E-state index contributed by atoms with van der Waals surface area (Å²) < 4.78 is 1.87. The van der Waals surface area contributed by atoms with E-state index in [0.717, 1.165) is 47.3 Å². The molecule has 7 heteroatoms. The monoisotopic (exact) mass is 419 g/mol. The number of nitrogens with one attached hydrogen (secondary N) is 1. The number of fused-ring (bicyclic) bond motifs is 1. The molecule has 2 aromatic heterocycles. The van der Waals surface area contributed by atoms with Gasteiger partial charge in [0.1, 0.15) is 5.69 Å². The highest BCUT2D eigenvalue weighted by molar-refractivity contribution is 5.98. The Morgan fingerprint density at radius 1 is 1.23 bits per heavy atom. The normalized spacial score (nSPS) is 15.8. The number of hydrogen-bond acceptors (Lipinski definition) is 3. The number of benzene rings is 1. The predicted molar refractivity (Wildman–Crippen MR) is 122 cm³/mol. The molecule has 0 unspecified atom stereocenters. The molecule has 5 rings (SSSR count). The summed E-state index contributed by atoms with van der Waals surface area (Å²) in [7, 11) is 5.44. The van der Waals surface area contributed by atoms with Crippen LogP contribution in [0.4, 0.5) is 0 Å². The zero-order valence-corrected chi connectivity index (χ0v) is 18.3. The summed E-state index contributed by atoms with van der Waals surface area (Å²) in [5, 5.41) is 5.30. The van der Waals surface area contributed by atoms with Gasteiger partial charge in [-0.15, -0.1) is 0 Å². The average molecular weight is 420 g/mol. The summed E-state index contributed by atoms with van der Waals surface area (Å²) in [5.41, 5.74) is 5.04. The van der Waals surface area contributed by atoms with E-state index >= 15 is 0 Å². The van der Waals surface area contributed by atoms with Crippen LogP contribution in [-0.4, -0.2) is 64.1 Å². The molecule has 1 fully saturated rings. The summed E-state index contributed by atoms with van der Waals surface area (Å²) in [5.74, 6) is 0.757. The summed E-state index contributed by atoms with van der Waals surface area (Å²) >= 11 is 0. The van der Waals surface area contributed by atoms with Gasteiger partial charge in [-0.1, -0.05) is 18.2 Å². The van der Waals surface area contributed by atoms with Gasteiger partial charge in [-0.25, -0.2) is 0 Å². The van der Waals surface area contributed by atoms with Gasteiger partial charge < -0.3 is 14.8 Å². The fraction of sp³-hybridized carbons (Fsp3) is 0.375. The van der Waals surface area contributed by atoms with Crippen LogP contribution in [0, 0.1) is 0 Å². The lowest BCUT2D eigenvalue weighted by atomic mass is 10.0. The first-order valence-electron chi connectivity index (χ1n) is 10.7. The van der Waals surface area contributed by atoms with E-state index in [-0.39, 0.29) is 5.91 Å². The second kappa shape index (κ2) is 8.79. The highest BCUT2D eigenvalue weighted by Crippen LogP contribution is 2.38. The third-order valence-electron chi connectivity index (χ3n) is 5.69. The van der Waals surface area contributed by atoms with Gasteiger partial charge in [0.25, 0.3) is 5.91 Å². The van der Waals surface area contributed by atoms with E-state index in [4.69, 9.17) is 0 Å². The molecule has 0 radical (unpaired) electrons. The van der Waals surface area contributed by atoms with Crippen LogP contribution in [0.5, 0.6) is 0 Å². The number of carbonyl (C=O) groups excluding carboxylic acids is 2.